The summed E-state index contributed by atoms with van der Waals surface area (Å²) in [6.07, 6.45) is -3.17. The van der Waals surface area contributed by atoms with Crippen LogP contribution < -0.4 is 15.0 Å². The molecule has 0 unspecified atom stereocenters. The first-order valence-electron chi connectivity index (χ1n) is 9.83. The van der Waals surface area contributed by atoms with E-state index in [2.05, 4.69) is 19.9 Å². The minimum atomic E-state index is -4.46. The number of carbonyl (C=O) groups is 2. The Bertz CT molecular complexity index is 868. The standard InChI is InChI=1S/C21H23F3N4O3/c22-21(23,24)15-31-18-7-6-16(14-26-18)20(30)25-9-8-19(29)28-12-10-27(11-13-28)17-4-2-1-3-5-17/h1-7,14H,8-13,15H2,(H,25,30). The Kier molecular flexibility index (Phi) is 7.32. The zero-order valence-corrected chi connectivity index (χ0v) is 16.8. The molecule has 0 aliphatic carbocycles. The van der Waals surface area contributed by atoms with Crippen LogP contribution in [-0.2, 0) is 4.79 Å². The molecule has 0 radical (unpaired) electrons. The predicted octanol–water partition coefficient (Wildman–Crippen LogP) is 2.49. The van der Waals surface area contributed by atoms with Gasteiger partial charge in [0.05, 0.1) is 5.56 Å². The molecule has 2 aromatic rings. The quantitative estimate of drug-likeness (QED) is 0.722. The Balaban J connectivity index is 1.38. The van der Waals surface area contributed by atoms with Gasteiger partial charge in [0.25, 0.3) is 5.91 Å². The normalized spacial score (nSPS) is 14.3. The molecular formula is C21H23F3N4O3. The second kappa shape index (κ2) is 10.1. The molecule has 1 saturated heterocycles. The van der Waals surface area contributed by atoms with E-state index in [1.807, 2.05) is 30.3 Å². The molecule has 0 saturated carbocycles. The Labute approximate surface area is 177 Å². The van der Waals surface area contributed by atoms with Crippen molar-refractivity contribution in [1.82, 2.24) is 15.2 Å². The average Bonchev–Trinajstić information content (AvgIpc) is 2.78. The summed E-state index contributed by atoms with van der Waals surface area (Å²) in [5.41, 5.74) is 1.30. The Morgan fingerprint density at radius 3 is 2.35 bits per heavy atom. The van der Waals surface area contributed by atoms with Crippen molar-refractivity contribution in [2.45, 2.75) is 12.6 Å². The van der Waals surface area contributed by atoms with Gasteiger partial charge in [0, 0.05) is 57.1 Å². The van der Waals surface area contributed by atoms with Crippen LogP contribution in [0.25, 0.3) is 0 Å². The zero-order valence-electron chi connectivity index (χ0n) is 16.8. The maximum atomic E-state index is 12.4. The lowest BCUT2D eigenvalue weighted by molar-refractivity contribution is -0.154. The number of nitrogens with one attached hydrogen (secondary N) is 1. The van der Waals surface area contributed by atoms with Crippen molar-refractivity contribution in [3.63, 3.8) is 0 Å². The monoisotopic (exact) mass is 436 g/mol. The van der Waals surface area contributed by atoms with Gasteiger partial charge in [0.2, 0.25) is 11.8 Å². The second-order valence-corrected chi connectivity index (χ2v) is 7.00. The van der Waals surface area contributed by atoms with E-state index in [1.165, 1.54) is 12.1 Å². The van der Waals surface area contributed by atoms with E-state index >= 15 is 0 Å². The fourth-order valence-corrected chi connectivity index (χ4v) is 3.15. The van der Waals surface area contributed by atoms with Gasteiger partial charge in [-0.15, -0.1) is 0 Å². The van der Waals surface area contributed by atoms with Gasteiger partial charge in [0.1, 0.15) is 0 Å². The van der Waals surface area contributed by atoms with Crippen LogP contribution in [0.4, 0.5) is 18.9 Å². The summed E-state index contributed by atoms with van der Waals surface area (Å²) in [7, 11) is 0. The van der Waals surface area contributed by atoms with Crippen molar-refractivity contribution < 1.29 is 27.5 Å². The molecule has 0 atom stereocenters. The van der Waals surface area contributed by atoms with E-state index in [4.69, 9.17) is 0 Å². The maximum Gasteiger partial charge on any atom is 0.422 e. The summed E-state index contributed by atoms with van der Waals surface area (Å²) < 4.78 is 40.9. The fourth-order valence-electron chi connectivity index (χ4n) is 3.15. The van der Waals surface area contributed by atoms with Gasteiger partial charge in [0.15, 0.2) is 6.61 Å². The molecule has 3 rings (SSSR count). The summed E-state index contributed by atoms with van der Waals surface area (Å²) in [5.74, 6) is -0.725. The number of aromatic nitrogens is 1. The fraction of sp³-hybridized carbons (Fsp3) is 0.381. The predicted molar refractivity (Wildman–Crippen MR) is 108 cm³/mol. The van der Waals surface area contributed by atoms with Crippen molar-refractivity contribution in [2.24, 2.45) is 0 Å². The second-order valence-electron chi connectivity index (χ2n) is 7.00. The number of anilines is 1. The van der Waals surface area contributed by atoms with Crippen LogP contribution in [0.3, 0.4) is 0 Å². The highest BCUT2D eigenvalue weighted by atomic mass is 19.4. The lowest BCUT2D eigenvalue weighted by Gasteiger charge is -2.36. The van der Waals surface area contributed by atoms with Crippen LogP contribution in [0.15, 0.2) is 48.7 Å². The number of amides is 2. The molecule has 1 aromatic carbocycles. The van der Waals surface area contributed by atoms with E-state index in [1.54, 1.807) is 4.90 Å². The van der Waals surface area contributed by atoms with Gasteiger partial charge in [-0.1, -0.05) is 18.2 Å². The first-order valence-corrected chi connectivity index (χ1v) is 9.83. The van der Waals surface area contributed by atoms with Gasteiger partial charge in [-0.05, 0) is 18.2 Å². The minimum absolute atomic E-state index is 0.0398. The molecule has 1 N–H and O–H groups in total. The van der Waals surface area contributed by atoms with Crippen LogP contribution >= 0.6 is 0 Å². The average molecular weight is 436 g/mol. The molecule has 31 heavy (non-hydrogen) atoms. The van der Waals surface area contributed by atoms with Crippen LogP contribution in [0.5, 0.6) is 5.88 Å². The molecule has 1 aliphatic heterocycles. The SMILES string of the molecule is O=C(NCCC(=O)N1CCN(c2ccccc2)CC1)c1ccc(OCC(F)(F)F)nc1. The van der Waals surface area contributed by atoms with Gasteiger partial charge in [-0.2, -0.15) is 13.2 Å². The molecule has 1 aliphatic rings. The first-order chi connectivity index (χ1) is 14.8. The van der Waals surface area contributed by atoms with Crippen molar-refractivity contribution >= 4 is 17.5 Å². The van der Waals surface area contributed by atoms with Crippen molar-refractivity contribution in [3.05, 3.63) is 54.2 Å². The number of benzene rings is 1. The summed E-state index contributed by atoms with van der Waals surface area (Å²) >= 11 is 0. The number of piperazine rings is 1. The first kappa shape index (κ1) is 22.4. The Morgan fingerprint density at radius 2 is 1.74 bits per heavy atom. The number of alkyl halides is 3. The van der Waals surface area contributed by atoms with Crippen molar-refractivity contribution in [1.29, 1.82) is 0 Å². The summed E-state index contributed by atoms with van der Waals surface area (Å²) in [4.78, 5) is 32.2. The smallest absolute Gasteiger partial charge is 0.422 e. The number of hydrogen-bond donors (Lipinski definition) is 1. The van der Waals surface area contributed by atoms with E-state index in [0.717, 1.165) is 25.0 Å². The van der Waals surface area contributed by atoms with Gasteiger partial charge in [-0.3, -0.25) is 9.59 Å². The molecule has 2 amide bonds. The molecule has 1 fully saturated rings. The van der Waals surface area contributed by atoms with E-state index in [9.17, 15) is 22.8 Å². The van der Waals surface area contributed by atoms with Crippen LogP contribution in [0, 0.1) is 0 Å². The van der Waals surface area contributed by atoms with Crippen molar-refractivity contribution in [3.8, 4) is 5.88 Å². The number of ether oxygens (including phenoxy) is 1. The molecule has 0 spiro atoms. The van der Waals surface area contributed by atoms with Crippen LogP contribution in [-0.4, -0.2) is 67.2 Å². The van der Waals surface area contributed by atoms with E-state index in [-0.39, 0.29) is 30.3 Å². The third-order valence-corrected chi connectivity index (χ3v) is 4.76. The number of halogens is 3. The highest BCUT2D eigenvalue weighted by molar-refractivity contribution is 5.94. The minimum Gasteiger partial charge on any atom is -0.468 e. The van der Waals surface area contributed by atoms with Crippen molar-refractivity contribution in [2.75, 3.05) is 44.2 Å². The molecule has 2 heterocycles. The number of carbonyl (C=O) groups excluding carboxylic acids is 2. The van der Waals surface area contributed by atoms with Gasteiger partial charge >= 0.3 is 6.18 Å². The Morgan fingerprint density at radius 1 is 1.03 bits per heavy atom. The van der Waals surface area contributed by atoms with Crippen LogP contribution in [0.1, 0.15) is 16.8 Å². The number of rotatable bonds is 7. The molecular weight excluding hydrogens is 413 g/mol. The zero-order chi connectivity index (χ0) is 22.3. The van der Waals surface area contributed by atoms with E-state index in [0.29, 0.717) is 13.1 Å². The molecule has 10 heteroatoms. The van der Waals surface area contributed by atoms with Crippen LogP contribution in [0.2, 0.25) is 0 Å². The molecule has 7 nitrogen and oxygen atoms in total. The summed E-state index contributed by atoms with van der Waals surface area (Å²) in [6, 6.07) is 12.5. The topological polar surface area (TPSA) is 74.8 Å². The lowest BCUT2D eigenvalue weighted by Crippen LogP contribution is -2.49. The van der Waals surface area contributed by atoms with Gasteiger partial charge < -0.3 is 19.9 Å². The lowest BCUT2D eigenvalue weighted by atomic mass is 10.2. The maximum absolute atomic E-state index is 12.4. The highest BCUT2D eigenvalue weighted by Crippen LogP contribution is 2.17. The number of para-hydroxylation sites is 1. The number of nitrogens with zero attached hydrogens (tertiary/aromatic N) is 3. The summed E-state index contributed by atoms with van der Waals surface area (Å²) in [5, 5.41) is 2.62. The number of pyridine rings is 1. The third kappa shape index (κ3) is 6.87. The Hall–Kier alpha value is -3.30. The largest absolute Gasteiger partial charge is 0.468 e. The third-order valence-electron chi connectivity index (χ3n) is 4.76. The number of hydrogen-bond acceptors (Lipinski definition) is 5. The van der Waals surface area contributed by atoms with Gasteiger partial charge in [-0.25, -0.2) is 4.98 Å². The highest BCUT2D eigenvalue weighted by Gasteiger charge is 2.28. The molecule has 0 bridgehead atoms. The summed E-state index contributed by atoms with van der Waals surface area (Å²) in [6.45, 7) is 1.43. The molecule has 1 aromatic heterocycles. The molecule has 166 valence electrons. The van der Waals surface area contributed by atoms with E-state index < -0.39 is 18.7 Å².